The Balaban J connectivity index is 1.84. The summed E-state index contributed by atoms with van der Waals surface area (Å²) in [5.41, 5.74) is 0.785. The summed E-state index contributed by atoms with van der Waals surface area (Å²) in [6.45, 7) is 7.30. The number of Topliss-reactive ketones (excluding diaryl/α,β-unsaturated/α-hetero) is 1. The molecule has 0 unspecified atom stereocenters. The number of anilines is 1. The fraction of sp³-hybridized carbons (Fsp3) is 0.185. The molecule has 3 aromatic rings. The number of thiazole rings is 1. The second-order valence-electron chi connectivity index (χ2n) is 7.98. The number of benzene rings is 2. The summed E-state index contributed by atoms with van der Waals surface area (Å²) in [6.07, 6.45) is 1.59. The average molecular weight is 523 g/mol. The van der Waals surface area contributed by atoms with Crippen molar-refractivity contribution in [3.63, 3.8) is 0 Å². The van der Waals surface area contributed by atoms with Crippen molar-refractivity contribution in [1.82, 2.24) is 4.98 Å². The lowest BCUT2D eigenvalue weighted by Crippen LogP contribution is -2.29. The summed E-state index contributed by atoms with van der Waals surface area (Å²) >= 11 is 0.896. The molecule has 190 valence electrons. The van der Waals surface area contributed by atoms with Crippen LogP contribution < -0.4 is 9.64 Å². The van der Waals surface area contributed by atoms with Gasteiger partial charge in [-0.1, -0.05) is 36.1 Å². The van der Waals surface area contributed by atoms with Crippen molar-refractivity contribution in [3.05, 3.63) is 94.3 Å². The number of halogens is 1. The number of nitrogens with zero attached hydrogens (tertiary/aromatic N) is 2. The summed E-state index contributed by atoms with van der Waals surface area (Å²) in [5, 5.41) is 11.3. The predicted octanol–water partition coefficient (Wildman–Crippen LogP) is 4.96. The van der Waals surface area contributed by atoms with Crippen molar-refractivity contribution in [1.29, 1.82) is 0 Å². The van der Waals surface area contributed by atoms with Gasteiger partial charge in [-0.15, -0.1) is 0 Å². The Morgan fingerprint density at radius 3 is 2.49 bits per heavy atom. The molecule has 0 bridgehead atoms. The van der Waals surface area contributed by atoms with E-state index in [0.29, 0.717) is 23.6 Å². The van der Waals surface area contributed by atoms with Crippen LogP contribution in [0.5, 0.6) is 5.75 Å². The molecule has 4 rings (SSSR count). The number of aromatic nitrogens is 1. The van der Waals surface area contributed by atoms with Gasteiger partial charge in [0.15, 0.2) is 5.13 Å². The van der Waals surface area contributed by atoms with E-state index >= 15 is 0 Å². The topological polar surface area (TPSA) is 106 Å². The van der Waals surface area contributed by atoms with Crippen LogP contribution in [0.3, 0.4) is 0 Å². The predicted molar refractivity (Wildman–Crippen MR) is 136 cm³/mol. The van der Waals surface area contributed by atoms with Gasteiger partial charge in [-0.25, -0.2) is 14.2 Å². The van der Waals surface area contributed by atoms with Gasteiger partial charge in [0.05, 0.1) is 23.9 Å². The summed E-state index contributed by atoms with van der Waals surface area (Å²) in [4.78, 5) is 44.5. The Morgan fingerprint density at radius 1 is 1.19 bits per heavy atom. The lowest BCUT2D eigenvalue weighted by atomic mass is 9.95. The van der Waals surface area contributed by atoms with E-state index in [1.807, 2.05) is 0 Å². The molecular formula is C27H23FN2O6S. The molecule has 1 aromatic heterocycles. The van der Waals surface area contributed by atoms with Crippen LogP contribution in [0.25, 0.3) is 5.76 Å². The molecular weight excluding hydrogens is 499 g/mol. The van der Waals surface area contributed by atoms with Crippen LogP contribution in [0, 0.1) is 12.7 Å². The first-order valence-electron chi connectivity index (χ1n) is 11.3. The van der Waals surface area contributed by atoms with Crippen molar-refractivity contribution in [3.8, 4) is 5.75 Å². The van der Waals surface area contributed by atoms with Gasteiger partial charge in [0.2, 0.25) is 0 Å². The smallest absolute Gasteiger partial charge is 0.350 e. The highest BCUT2D eigenvalue weighted by Crippen LogP contribution is 2.44. The van der Waals surface area contributed by atoms with Gasteiger partial charge >= 0.3 is 11.9 Å². The number of esters is 1. The fourth-order valence-electron chi connectivity index (χ4n) is 3.88. The van der Waals surface area contributed by atoms with Gasteiger partial charge in [0.1, 0.15) is 28.8 Å². The first-order chi connectivity index (χ1) is 17.8. The first-order valence-corrected chi connectivity index (χ1v) is 12.1. The van der Waals surface area contributed by atoms with E-state index < -0.39 is 35.3 Å². The van der Waals surface area contributed by atoms with Gasteiger partial charge in [-0.3, -0.25) is 14.5 Å². The van der Waals surface area contributed by atoms with E-state index in [4.69, 9.17) is 9.47 Å². The van der Waals surface area contributed by atoms with Gasteiger partial charge in [-0.05, 0) is 55.8 Å². The molecule has 37 heavy (non-hydrogen) atoms. The monoisotopic (exact) mass is 522 g/mol. The number of aliphatic hydroxyl groups is 1. The van der Waals surface area contributed by atoms with Crippen molar-refractivity contribution < 1.29 is 33.4 Å². The first kappa shape index (κ1) is 25.8. The summed E-state index contributed by atoms with van der Waals surface area (Å²) in [5.74, 6) is -2.88. The van der Waals surface area contributed by atoms with Gasteiger partial charge in [0.25, 0.3) is 5.78 Å². The van der Waals surface area contributed by atoms with Crippen LogP contribution in [0.4, 0.5) is 9.52 Å². The molecule has 1 saturated heterocycles. The number of ether oxygens (including phenoxy) is 2. The maximum Gasteiger partial charge on any atom is 0.350 e. The third-order valence-corrected chi connectivity index (χ3v) is 6.71. The third-order valence-electron chi connectivity index (χ3n) is 5.58. The van der Waals surface area contributed by atoms with E-state index in [1.54, 1.807) is 44.2 Å². The number of hydrogen-bond donors (Lipinski definition) is 1. The molecule has 0 spiro atoms. The molecule has 0 aliphatic carbocycles. The number of ketones is 1. The van der Waals surface area contributed by atoms with Crippen LogP contribution in [-0.2, 0) is 14.3 Å². The zero-order valence-electron chi connectivity index (χ0n) is 20.1. The van der Waals surface area contributed by atoms with Crippen molar-refractivity contribution in [2.75, 3.05) is 18.1 Å². The Labute approximate surface area is 216 Å². The highest BCUT2D eigenvalue weighted by molar-refractivity contribution is 7.17. The normalized spacial score (nSPS) is 16.6. The number of hydrogen-bond acceptors (Lipinski definition) is 8. The highest BCUT2D eigenvalue weighted by Gasteiger charge is 2.48. The maximum absolute atomic E-state index is 13.7. The second kappa shape index (κ2) is 10.8. The largest absolute Gasteiger partial charge is 0.507 e. The number of carbonyl (C=O) groups is 3. The van der Waals surface area contributed by atoms with E-state index in [9.17, 15) is 23.9 Å². The summed E-state index contributed by atoms with van der Waals surface area (Å²) < 4.78 is 24.2. The van der Waals surface area contributed by atoms with Crippen molar-refractivity contribution in [2.24, 2.45) is 0 Å². The molecule has 1 N–H and O–H groups in total. The molecule has 10 heteroatoms. The minimum absolute atomic E-state index is 0.0733. The third kappa shape index (κ3) is 5.01. The van der Waals surface area contributed by atoms with Crippen LogP contribution in [-0.4, -0.2) is 41.0 Å². The second-order valence-corrected chi connectivity index (χ2v) is 8.95. The standard InChI is InChI=1S/C27H23FN2O6S/c1-4-14-36-19-12-8-17(9-13-19)22(31)20-21(16-6-10-18(28)11-7-16)30(25(33)23(20)32)27-29-15(3)24(37-27)26(34)35-5-2/h4,6-13,21,31H,1,5,14H2,2-3H3/t21-/m1/s1. The van der Waals surface area contributed by atoms with Crippen molar-refractivity contribution in [2.45, 2.75) is 19.9 Å². The van der Waals surface area contributed by atoms with Crippen LogP contribution in [0.1, 0.15) is 39.5 Å². The van der Waals surface area contributed by atoms with Gasteiger partial charge < -0.3 is 14.6 Å². The van der Waals surface area contributed by atoms with Gasteiger partial charge in [0, 0.05) is 5.56 Å². The van der Waals surface area contributed by atoms with E-state index in [-0.39, 0.29) is 27.8 Å². The maximum atomic E-state index is 13.7. The zero-order valence-corrected chi connectivity index (χ0v) is 20.9. The number of carbonyl (C=O) groups excluding carboxylic acids is 3. The molecule has 1 aliphatic heterocycles. The molecule has 1 fully saturated rings. The molecule has 1 aliphatic rings. The molecule has 0 radical (unpaired) electrons. The molecule has 8 nitrogen and oxygen atoms in total. The minimum Gasteiger partial charge on any atom is -0.507 e. The van der Waals surface area contributed by atoms with E-state index in [2.05, 4.69) is 11.6 Å². The number of aliphatic hydroxyl groups excluding tert-OH is 1. The molecule has 1 amide bonds. The van der Waals surface area contributed by atoms with Crippen LogP contribution in [0.2, 0.25) is 0 Å². The molecule has 2 aromatic carbocycles. The van der Waals surface area contributed by atoms with E-state index in [1.165, 1.54) is 24.3 Å². The number of aryl methyl sites for hydroxylation is 1. The zero-order chi connectivity index (χ0) is 26.7. The van der Waals surface area contributed by atoms with E-state index in [0.717, 1.165) is 16.2 Å². The fourth-order valence-corrected chi connectivity index (χ4v) is 4.87. The average Bonchev–Trinajstić information content (AvgIpc) is 3.40. The molecule has 1 atom stereocenters. The van der Waals surface area contributed by atoms with Crippen LogP contribution >= 0.6 is 11.3 Å². The Bertz CT molecular complexity index is 1400. The molecule has 0 saturated carbocycles. The molecule has 2 heterocycles. The van der Waals surface area contributed by atoms with Crippen molar-refractivity contribution >= 4 is 39.9 Å². The number of amides is 1. The van der Waals surface area contributed by atoms with Gasteiger partial charge in [-0.2, -0.15) is 0 Å². The highest BCUT2D eigenvalue weighted by atomic mass is 32.1. The Morgan fingerprint density at radius 2 is 1.86 bits per heavy atom. The minimum atomic E-state index is -1.11. The Kier molecular flexibility index (Phi) is 7.49. The lowest BCUT2D eigenvalue weighted by Gasteiger charge is -2.23. The summed E-state index contributed by atoms with van der Waals surface area (Å²) in [7, 11) is 0. The lowest BCUT2D eigenvalue weighted by molar-refractivity contribution is -0.132. The quantitative estimate of drug-likeness (QED) is 0.147. The Hall–Kier alpha value is -4.31. The van der Waals surface area contributed by atoms with Crippen LogP contribution in [0.15, 0.2) is 66.8 Å². The number of rotatable bonds is 8. The summed E-state index contributed by atoms with van der Waals surface area (Å²) in [6, 6.07) is 10.4. The SMILES string of the molecule is C=CCOc1ccc(C(O)=C2C(=O)C(=O)N(c3nc(C)c(C(=O)OCC)s3)[C@@H]2c2ccc(F)cc2)cc1.